The Balaban J connectivity index is 1.31. The summed E-state index contributed by atoms with van der Waals surface area (Å²) >= 11 is 0. The van der Waals surface area contributed by atoms with E-state index in [1.165, 1.54) is 0 Å². The molecule has 0 bridgehead atoms. The Bertz CT molecular complexity index is 999. The molecular weight excluding hydrogens is 402 g/mol. The zero-order valence-electron chi connectivity index (χ0n) is 18.4. The van der Waals surface area contributed by atoms with Gasteiger partial charge in [0.25, 0.3) is 5.91 Å². The molecule has 0 radical (unpaired) electrons. The van der Waals surface area contributed by atoms with Crippen molar-refractivity contribution < 1.29 is 19.0 Å². The second kappa shape index (κ2) is 10.7. The number of hydrogen-bond donors (Lipinski definition) is 0. The molecule has 1 aliphatic heterocycles. The van der Waals surface area contributed by atoms with Crippen molar-refractivity contribution in [3.63, 3.8) is 0 Å². The Labute approximate surface area is 189 Å². The van der Waals surface area contributed by atoms with Crippen molar-refractivity contribution in [2.24, 2.45) is 5.92 Å². The molecule has 0 atom stereocenters. The van der Waals surface area contributed by atoms with Crippen molar-refractivity contribution in [3.8, 4) is 17.2 Å². The number of nitrogens with zero attached hydrogens (tertiary/aromatic N) is 1. The number of hydrogen-bond acceptors (Lipinski definition) is 4. The average Bonchev–Trinajstić information content (AvgIpc) is 2.87. The number of benzene rings is 3. The fourth-order valence-electron chi connectivity index (χ4n) is 3.87. The van der Waals surface area contributed by atoms with Gasteiger partial charge in [0.1, 0.15) is 12.4 Å². The molecule has 3 aromatic rings. The lowest BCUT2D eigenvalue weighted by atomic mass is 9.97. The average molecular weight is 432 g/mol. The number of methoxy groups -OCH3 is 1. The van der Waals surface area contributed by atoms with E-state index in [-0.39, 0.29) is 5.91 Å². The van der Waals surface area contributed by atoms with Gasteiger partial charge in [-0.05, 0) is 54.7 Å². The first kappa shape index (κ1) is 21.8. The lowest BCUT2D eigenvalue weighted by Gasteiger charge is -2.32. The van der Waals surface area contributed by atoms with Gasteiger partial charge < -0.3 is 19.1 Å². The van der Waals surface area contributed by atoms with Crippen molar-refractivity contribution in [1.82, 2.24) is 4.90 Å². The van der Waals surface area contributed by atoms with Gasteiger partial charge in [0.05, 0.1) is 13.7 Å². The fourth-order valence-corrected chi connectivity index (χ4v) is 3.87. The zero-order valence-corrected chi connectivity index (χ0v) is 18.4. The molecule has 1 heterocycles. The minimum absolute atomic E-state index is 0.0281. The van der Waals surface area contributed by atoms with Crippen LogP contribution < -0.4 is 14.2 Å². The Morgan fingerprint density at radius 2 is 1.56 bits per heavy atom. The summed E-state index contributed by atoms with van der Waals surface area (Å²) in [6, 6.07) is 25.2. The van der Waals surface area contributed by atoms with Crippen molar-refractivity contribution in [1.29, 1.82) is 0 Å². The molecule has 3 aromatic carbocycles. The van der Waals surface area contributed by atoms with Gasteiger partial charge in [-0.2, -0.15) is 0 Å². The van der Waals surface area contributed by atoms with Crippen LogP contribution in [-0.2, 0) is 6.61 Å². The van der Waals surface area contributed by atoms with Crippen LogP contribution in [0.4, 0.5) is 0 Å². The molecule has 5 heteroatoms. The van der Waals surface area contributed by atoms with Crippen molar-refractivity contribution in [2.45, 2.75) is 19.4 Å². The van der Waals surface area contributed by atoms with Crippen LogP contribution in [0, 0.1) is 5.92 Å². The maximum atomic E-state index is 13.0. The molecule has 1 saturated heterocycles. The second-order valence-corrected chi connectivity index (χ2v) is 8.00. The molecule has 0 N–H and O–H groups in total. The Morgan fingerprint density at radius 1 is 0.875 bits per heavy atom. The van der Waals surface area contributed by atoms with E-state index >= 15 is 0 Å². The summed E-state index contributed by atoms with van der Waals surface area (Å²) in [5.74, 6) is 2.58. The van der Waals surface area contributed by atoms with E-state index in [1.807, 2.05) is 77.7 Å². The van der Waals surface area contributed by atoms with Crippen LogP contribution in [0.2, 0.25) is 0 Å². The van der Waals surface area contributed by atoms with Gasteiger partial charge in [-0.1, -0.05) is 48.5 Å². The maximum absolute atomic E-state index is 13.0. The van der Waals surface area contributed by atoms with Gasteiger partial charge in [0.2, 0.25) is 0 Å². The summed E-state index contributed by atoms with van der Waals surface area (Å²) in [5.41, 5.74) is 1.70. The van der Waals surface area contributed by atoms with Gasteiger partial charge in [-0.15, -0.1) is 0 Å². The van der Waals surface area contributed by atoms with E-state index in [4.69, 9.17) is 14.2 Å². The Hall–Kier alpha value is -3.47. The highest BCUT2D eigenvalue weighted by atomic mass is 16.5. The number of piperidine rings is 1. The summed E-state index contributed by atoms with van der Waals surface area (Å²) in [4.78, 5) is 15.0. The highest BCUT2D eigenvalue weighted by Crippen LogP contribution is 2.30. The molecule has 0 saturated carbocycles. The first-order chi connectivity index (χ1) is 15.7. The highest BCUT2D eigenvalue weighted by molar-refractivity contribution is 5.95. The first-order valence-corrected chi connectivity index (χ1v) is 11.0. The monoisotopic (exact) mass is 431 g/mol. The quantitative estimate of drug-likeness (QED) is 0.492. The largest absolute Gasteiger partial charge is 0.493 e. The van der Waals surface area contributed by atoms with E-state index in [9.17, 15) is 4.79 Å². The molecular formula is C27H29NO4. The lowest BCUT2D eigenvalue weighted by Crippen LogP contribution is -2.39. The number of amides is 1. The van der Waals surface area contributed by atoms with Crippen molar-refractivity contribution in [3.05, 3.63) is 90.0 Å². The van der Waals surface area contributed by atoms with Crippen LogP contribution >= 0.6 is 0 Å². The third kappa shape index (κ3) is 5.61. The van der Waals surface area contributed by atoms with Crippen LogP contribution in [-0.4, -0.2) is 37.6 Å². The number of ether oxygens (including phenoxy) is 3. The number of likely N-dealkylation sites (tertiary alicyclic amines) is 1. The van der Waals surface area contributed by atoms with E-state index in [0.29, 0.717) is 36.2 Å². The number of para-hydroxylation sites is 1. The summed E-state index contributed by atoms with van der Waals surface area (Å²) < 4.78 is 17.3. The van der Waals surface area contributed by atoms with Crippen LogP contribution in [0.15, 0.2) is 78.9 Å². The normalized spacial score (nSPS) is 14.1. The van der Waals surface area contributed by atoms with E-state index < -0.39 is 0 Å². The molecule has 166 valence electrons. The molecule has 5 nitrogen and oxygen atoms in total. The van der Waals surface area contributed by atoms with Gasteiger partial charge in [-0.3, -0.25) is 4.79 Å². The van der Waals surface area contributed by atoms with Gasteiger partial charge in [0.15, 0.2) is 11.5 Å². The minimum Gasteiger partial charge on any atom is -0.493 e. The molecule has 1 fully saturated rings. The van der Waals surface area contributed by atoms with Crippen LogP contribution in [0.1, 0.15) is 28.8 Å². The summed E-state index contributed by atoms with van der Waals surface area (Å²) in [6.45, 7) is 2.60. The molecule has 0 aliphatic carbocycles. The summed E-state index contributed by atoms with van der Waals surface area (Å²) in [7, 11) is 1.59. The predicted molar refractivity (Wildman–Crippen MR) is 124 cm³/mol. The predicted octanol–water partition coefficient (Wildman–Crippen LogP) is 5.21. The van der Waals surface area contributed by atoms with Gasteiger partial charge in [0, 0.05) is 18.7 Å². The SMILES string of the molecule is COc1cc(C(=O)N2CCC(COc3ccccc3)CC2)ccc1OCc1ccccc1. The van der Waals surface area contributed by atoms with E-state index in [0.717, 1.165) is 37.2 Å². The topological polar surface area (TPSA) is 48.0 Å². The molecule has 32 heavy (non-hydrogen) atoms. The smallest absolute Gasteiger partial charge is 0.253 e. The highest BCUT2D eigenvalue weighted by Gasteiger charge is 2.25. The van der Waals surface area contributed by atoms with Crippen molar-refractivity contribution >= 4 is 5.91 Å². The standard InChI is InChI=1S/C27H29NO4/c1-30-26-18-23(12-13-25(26)32-20-21-8-4-2-5-9-21)27(29)28-16-14-22(15-17-28)19-31-24-10-6-3-7-11-24/h2-13,18,22H,14-17,19-20H2,1H3. The molecule has 4 rings (SSSR count). The number of carbonyl (C=O) groups excluding carboxylic acids is 1. The number of carbonyl (C=O) groups is 1. The zero-order chi connectivity index (χ0) is 22.2. The summed E-state index contributed by atoms with van der Waals surface area (Å²) in [5, 5.41) is 0. The molecule has 1 amide bonds. The van der Waals surface area contributed by atoms with Gasteiger partial charge in [-0.25, -0.2) is 0 Å². The summed E-state index contributed by atoms with van der Waals surface area (Å²) in [6.07, 6.45) is 1.88. The second-order valence-electron chi connectivity index (χ2n) is 8.00. The molecule has 1 aliphatic rings. The van der Waals surface area contributed by atoms with Gasteiger partial charge >= 0.3 is 0 Å². The lowest BCUT2D eigenvalue weighted by molar-refractivity contribution is 0.0660. The minimum atomic E-state index is 0.0281. The van der Waals surface area contributed by atoms with Crippen LogP contribution in [0.5, 0.6) is 17.2 Å². The number of rotatable bonds is 8. The van der Waals surface area contributed by atoms with Crippen molar-refractivity contribution in [2.75, 3.05) is 26.8 Å². The first-order valence-electron chi connectivity index (χ1n) is 11.0. The van der Waals surface area contributed by atoms with Crippen LogP contribution in [0.3, 0.4) is 0 Å². The third-order valence-electron chi connectivity index (χ3n) is 5.78. The molecule has 0 aromatic heterocycles. The Morgan fingerprint density at radius 3 is 2.25 bits per heavy atom. The molecule has 0 unspecified atom stereocenters. The fraction of sp³-hybridized carbons (Fsp3) is 0.296. The molecule has 0 spiro atoms. The van der Waals surface area contributed by atoms with E-state index in [2.05, 4.69) is 0 Å². The van der Waals surface area contributed by atoms with E-state index in [1.54, 1.807) is 13.2 Å². The Kier molecular flexibility index (Phi) is 7.28. The maximum Gasteiger partial charge on any atom is 0.253 e. The third-order valence-corrected chi connectivity index (χ3v) is 5.78. The van der Waals surface area contributed by atoms with Crippen LogP contribution in [0.25, 0.3) is 0 Å².